The Bertz CT molecular complexity index is 1060. The van der Waals surface area contributed by atoms with E-state index in [0.717, 1.165) is 20.9 Å². The third-order valence-electron chi connectivity index (χ3n) is 3.91. The van der Waals surface area contributed by atoms with Gasteiger partial charge in [0.15, 0.2) is 5.82 Å². The van der Waals surface area contributed by atoms with Gasteiger partial charge in [0.05, 0.1) is 0 Å². The number of nitrogens with two attached hydrogens (primary N) is 1. The largest absolute Gasteiger partial charge is 0.436 e. The fourth-order valence-corrected chi connectivity index (χ4v) is 2.88. The highest BCUT2D eigenvalue weighted by Crippen LogP contribution is 2.34. The lowest BCUT2D eigenvalue weighted by molar-refractivity contribution is 0.470. The van der Waals surface area contributed by atoms with E-state index >= 15 is 0 Å². The Hall–Kier alpha value is -3.12. The molecule has 0 aliphatic rings. The predicted molar refractivity (Wildman–Crippen MR) is 108 cm³/mol. The number of fused-ring (bicyclic) bond motifs is 1. The van der Waals surface area contributed by atoms with Crippen LogP contribution in [0.2, 0.25) is 0 Å². The van der Waals surface area contributed by atoms with Gasteiger partial charge in [0.2, 0.25) is 5.88 Å². The van der Waals surface area contributed by atoms with E-state index in [2.05, 4.69) is 31.2 Å². The number of nitrogens with one attached hydrogen (secondary N) is 1. The van der Waals surface area contributed by atoms with Crippen molar-refractivity contribution in [2.75, 3.05) is 11.1 Å². The first-order valence-corrected chi connectivity index (χ1v) is 8.79. The Kier molecular flexibility index (Phi) is 4.41. The summed E-state index contributed by atoms with van der Waals surface area (Å²) in [6.07, 6.45) is 1.43. The highest BCUT2D eigenvalue weighted by molar-refractivity contribution is 9.10. The van der Waals surface area contributed by atoms with E-state index in [9.17, 15) is 0 Å². The van der Waals surface area contributed by atoms with E-state index in [1.165, 1.54) is 6.33 Å². The smallest absolute Gasteiger partial charge is 0.248 e. The Morgan fingerprint density at radius 3 is 2.50 bits per heavy atom. The average Bonchev–Trinajstić information content (AvgIpc) is 2.67. The van der Waals surface area contributed by atoms with Gasteiger partial charge in [0, 0.05) is 15.5 Å². The zero-order valence-electron chi connectivity index (χ0n) is 13.7. The number of hydrogen-bond donors (Lipinski definition) is 2. The molecule has 1 heterocycles. The molecule has 6 heteroatoms. The zero-order chi connectivity index (χ0) is 17.9. The number of benzene rings is 3. The molecule has 0 amide bonds. The molecule has 0 radical (unpaired) electrons. The summed E-state index contributed by atoms with van der Waals surface area (Å²) in [5.41, 5.74) is 7.45. The fraction of sp³-hybridized carbons (Fsp3) is 0. The maximum absolute atomic E-state index is 6.23. The molecule has 26 heavy (non-hydrogen) atoms. The van der Waals surface area contributed by atoms with Gasteiger partial charge in [-0.25, -0.2) is 4.98 Å². The van der Waals surface area contributed by atoms with Crippen LogP contribution in [0.1, 0.15) is 0 Å². The summed E-state index contributed by atoms with van der Waals surface area (Å²) in [5.74, 6) is 1.51. The van der Waals surface area contributed by atoms with E-state index in [0.29, 0.717) is 23.1 Å². The predicted octanol–water partition coefficient (Wildman–Crippen LogP) is 5.51. The summed E-state index contributed by atoms with van der Waals surface area (Å²) < 4.78 is 7.00. The van der Waals surface area contributed by atoms with Crippen LogP contribution in [0.15, 0.2) is 77.5 Å². The maximum atomic E-state index is 6.23. The molecular weight excluding hydrogens is 392 g/mol. The topological polar surface area (TPSA) is 73.1 Å². The van der Waals surface area contributed by atoms with E-state index in [-0.39, 0.29) is 0 Å². The summed E-state index contributed by atoms with van der Waals surface area (Å²) in [6, 6.07) is 21.6. The summed E-state index contributed by atoms with van der Waals surface area (Å²) >= 11 is 3.42. The number of nitrogens with zero attached hydrogens (tertiary/aromatic N) is 2. The Morgan fingerprint density at radius 2 is 1.65 bits per heavy atom. The van der Waals surface area contributed by atoms with Gasteiger partial charge in [-0.3, -0.25) is 0 Å². The molecule has 0 fully saturated rings. The number of rotatable bonds is 4. The average molecular weight is 407 g/mol. The monoisotopic (exact) mass is 406 g/mol. The molecular formula is C20H15BrN4O. The first-order chi connectivity index (χ1) is 12.7. The molecule has 5 nitrogen and oxygen atoms in total. The second-order valence-corrected chi connectivity index (χ2v) is 6.57. The molecule has 1 aromatic heterocycles. The molecule has 0 unspecified atom stereocenters. The van der Waals surface area contributed by atoms with E-state index in [1.807, 2.05) is 66.7 Å². The quantitative estimate of drug-likeness (QED) is 0.467. The van der Waals surface area contributed by atoms with Crippen molar-refractivity contribution in [1.29, 1.82) is 0 Å². The molecule has 0 spiro atoms. The van der Waals surface area contributed by atoms with E-state index in [4.69, 9.17) is 10.5 Å². The molecule has 0 atom stereocenters. The van der Waals surface area contributed by atoms with E-state index in [1.54, 1.807) is 0 Å². The van der Waals surface area contributed by atoms with Gasteiger partial charge < -0.3 is 15.8 Å². The molecule has 0 bridgehead atoms. The molecule has 0 aliphatic carbocycles. The first kappa shape index (κ1) is 16.4. The minimum Gasteiger partial charge on any atom is -0.436 e. The number of ether oxygens (including phenoxy) is 1. The van der Waals surface area contributed by atoms with Gasteiger partial charge in [-0.1, -0.05) is 52.3 Å². The second-order valence-electron chi connectivity index (χ2n) is 5.65. The van der Waals surface area contributed by atoms with Crippen LogP contribution < -0.4 is 15.8 Å². The molecule has 4 rings (SSSR count). The third-order valence-corrected chi connectivity index (χ3v) is 4.44. The maximum Gasteiger partial charge on any atom is 0.248 e. The van der Waals surface area contributed by atoms with Gasteiger partial charge in [-0.15, -0.1) is 0 Å². The standard InChI is InChI=1S/C20H15BrN4O/c21-14-8-10-15(11-9-14)25-19-18(22)20(24-12-23-19)26-17-7-3-5-13-4-1-2-6-16(13)17/h1-12H,22H2,(H,23,24,25). The molecule has 0 saturated carbocycles. The summed E-state index contributed by atoms with van der Waals surface area (Å²) in [7, 11) is 0. The van der Waals surface area contributed by atoms with Crippen LogP contribution in [0.5, 0.6) is 11.6 Å². The Balaban J connectivity index is 1.66. The van der Waals surface area contributed by atoms with Crippen molar-refractivity contribution in [1.82, 2.24) is 9.97 Å². The van der Waals surface area contributed by atoms with Crippen molar-refractivity contribution < 1.29 is 4.74 Å². The van der Waals surface area contributed by atoms with Gasteiger partial charge in [0.1, 0.15) is 17.8 Å². The van der Waals surface area contributed by atoms with Gasteiger partial charge in [-0.2, -0.15) is 4.98 Å². The lowest BCUT2D eigenvalue weighted by atomic mass is 10.1. The van der Waals surface area contributed by atoms with Crippen molar-refractivity contribution in [2.45, 2.75) is 0 Å². The lowest BCUT2D eigenvalue weighted by Crippen LogP contribution is -2.03. The SMILES string of the molecule is Nc1c(Nc2ccc(Br)cc2)ncnc1Oc1cccc2ccccc12. The highest BCUT2D eigenvalue weighted by atomic mass is 79.9. The summed E-state index contributed by atoms with van der Waals surface area (Å²) in [6.45, 7) is 0. The summed E-state index contributed by atoms with van der Waals surface area (Å²) in [4.78, 5) is 8.41. The number of nitrogen functional groups attached to an aromatic ring is 1. The Labute approximate surface area is 159 Å². The molecule has 0 saturated heterocycles. The Morgan fingerprint density at radius 1 is 0.885 bits per heavy atom. The third kappa shape index (κ3) is 3.32. The molecule has 3 N–H and O–H groups in total. The normalized spacial score (nSPS) is 10.7. The number of halogens is 1. The zero-order valence-corrected chi connectivity index (χ0v) is 15.3. The number of hydrogen-bond acceptors (Lipinski definition) is 5. The minimum absolute atomic E-state index is 0.316. The van der Waals surface area contributed by atoms with Crippen molar-refractivity contribution in [3.63, 3.8) is 0 Å². The summed E-state index contributed by atoms with van der Waals surface area (Å²) in [5, 5.41) is 5.27. The van der Waals surface area contributed by atoms with Crippen molar-refractivity contribution in [3.8, 4) is 11.6 Å². The van der Waals surface area contributed by atoms with Crippen LogP contribution in [0.4, 0.5) is 17.2 Å². The second kappa shape index (κ2) is 7.01. The van der Waals surface area contributed by atoms with Crippen LogP contribution in [0, 0.1) is 0 Å². The van der Waals surface area contributed by atoms with Crippen molar-refractivity contribution >= 4 is 43.9 Å². The van der Waals surface area contributed by atoms with Gasteiger partial charge in [-0.05, 0) is 35.7 Å². The van der Waals surface area contributed by atoms with Crippen LogP contribution in [0.3, 0.4) is 0 Å². The minimum atomic E-state index is 0.316. The first-order valence-electron chi connectivity index (χ1n) is 7.99. The van der Waals surface area contributed by atoms with Gasteiger partial charge in [0.25, 0.3) is 0 Å². The molecule has 3 aromatic carbocycles. The highest BCUT2D eigenvalue weighted by Gasteiger charge is 2.12. The van der Waals surface area contributed by atoms with Crippen molar-refractivity contribution in [3.05, 3.63) is 77.5 Å². The molecule has 0 aliphatic heterocycles. The van der Waals surface area contributed by atoms with Crippen LogP contribution in [-0.4, -0.2) is 9.97 Å². The molecule has 4 aromatic rings. The number of aromatic nitrogens is 2. The van der Waals surface area contributed by atoms with Crippen LogP contribution in [0.25, 0.3) is 10.8 Å². The van der Waals surface area contributed by atoms with E-state index < -0.39 is 0 Å². The fourth-order valence-electron chi connectivity index (χ4n) is 2.62. The van der Waals surface area contributed by atoms with Crippen LogP contribution >= 0.6 is 15.9 Å². The van der Waals surface area contributed by atoms with Crippen LogP contribution in [-0.2, 0) is 0 Å². The lowest BCUT2D eigenvalue weighted by Gasteiger charge is -2.13. The molecule has 128 valence electrons. The number of anilines is 3. The van der Waals surface area contributed by atoms with Crippen molar-refractivity contribution in [2.24, 2.45) is 0 Å². The van der Waals surface area contributed by atoms with Gasteiger partial charge >= 0.3 is 0 Å².